The smallest absolute Gasteiger partial charge is 0.251 e. The van der Waals surface area contributed by atoms with Crippen LogP contribution in [-0.2, 0) is 16.4 Å². The average Bonchev–Trinajstić information content (AvgIpc) is 3.24. The van der Waals surface area contributed by atoms with Crippen LogP contribution in [0.15, 0.2) is 47.4 Å². The van der Waals surface area contributed by atoms with E-state index in [0.29, 0.717) is 13.1 Å². The van der Waals surface area contributed by atoms with Gasteiger partial charge in [-0.25, -0.2) is 8.42 Å². The Morgan fingerprint density at radius 2 is 1.79 bits per heavy atom. The quantitative estimate of drug-likeness (QED) is 0.762. The topological polar surface area (TPSA) is 66.5 Å². The Kier molecular flexibility index (Phi) is 6.43. The molecule has 1 atom stereocenters. The normalized spacial score (nSPS) is 16.1. The minimum atomic E-state index is -3.69. The summed E-state index contributed by atoms with van der Waals surface area (Å²) in [5.74, 6) is -0.332. The molecule has 1 fully saturated rings. The highest BCUT2D eigenvalue weighted by Crippen LogP contribution is 2.28. The van der Waals surface area contributed by atoms with Gasteiger partial charge in [-0.05, 0) is 55.5 Å². The van der Waals surface area contributed by atoms with E-state index in [2.05, 4.69) is 12.2 Å². The predicted molar refractivity (Wildman–Crippen MR) is 111 cm³/mol. The molecule has 150 valence electrons. The number of benzene rings is 2. The zero-order valence-electron chi connectivity index (χ0n) is 16.1. The molecule has 1 saturated heterocycles. The van der Waals surface area contributed by atoms with Crippen molar-refractivity contribution in [3.8, 4) is 0 Å². The number of halogens is 1. The molecule has 2 aromatic rings. The fourth-order valence-corrected chi connectivity index (χ4v) is 5.33. The highest BCUT2D eigenvalue weighted by atomic mass is 35.5. The van der Waals surface area contributed by atoms with Gasteiger partial charge < -0.3 is 5.32 Å². The van der Waals surface area contributed by atoms with E-state index >= 15 is 0 Å². The highest BCUT2D eigenvalue weighted by Gasteiger charge is 2.29. The lowest BCUT2D eigenvalue weighted by Crippen LogP contribution is -2.29. The number of amides is 1. The molecule has 0 aromatic heterocycles. The number of rotatable bonds is 6. The van der Waals surface area contributed by atoms with E-state index in [4.69, 9.17) is 11.6 Å². The average molecular weight is 421 g/mol. The molecule has 1 amide bonds. The number of hydrogen-bond acceptors (Lipinski definition) is 3. The molecular formula is C21H25ClN2O3S. The van der Waals surface area contributed by atoms with Crippen LogP contribution in [0.4, 0.5) is 0 Å². The van der Waals surface area contributed by atoms with E-state index in [9.17, 15) is 13.2 Å². The van der Waals surface area contributed by atoms with Crippen LogP contribution in [0.3, 0.4) is 0 Å². The van der Waals surface area contributed by atoms with Gasteiger partial charge in [-0.1, -0.05) is 42.8 Å². The monoisotopic (exact) mass is 420 g/mol. The minimum absolute atomic E-state index is 0.0105. The second-order valence-electron chi connectivity index (χ2n) is 7.05. The minimum Gasteiger partial charge on any atom is -0.346 e. The lowest BCUT2D eigenvalue weighted by molar-refractivity contribution is 0.0939. The van der Waals surface area contributed by atoms with Crippen molar-refractivity contribution in [1.82, 2.24) is 9.62 Å². The van der Waals surface area contributed by atoms with Gasteiger partial charge in [0, 0.05) is 18.7 Å². The number of nitrogens with one attached hydrogen (secondary N) is 1. The molecule has 7 heteroatoms. The fourth-order valence-electron chi connectivity index (χ4n) is 3.32. The number of sulfonamides is 1. The summed E-state index contributed by atoms with van der Waals surface area (Å²) in [6, 6.07) is 12.3. The molecule has 0 bridgehead atoms. The summed E-state index contributed by atoms with van der Waals surface area (Å²) in [5.41, 5.74) is 2.50. The molecule has 0 saturated carbocycles. The van der Waals surface area contributed by atoms with Crippen molar-refractivity contribution in [2.45, 2.75) is 44.0 Å². The van der Waals surface area contributed by atoms with Crippen molar-refractivity contribution >= 4 is 27.5 Å². The molecule has 0 aliphatic carbocycles. The largest absolute Gasteiger partial charge is 0.346 e. The molecule has 28 heavy (non-hydrogen) atoms. The molecule has 0 spiro atoms. The van der Waals surface area contributed by atoms with Crippen LogP contribution in [0, 0.1) is 0 Å². The van der Waals surface area contributed by atoms with Gasteiger partial charge in [0.2, 0.25) is 10.0 Å². The summed E-state index contributed by atoms with van der Waals surface area (Å²) >= 11 is 6.16. The Hall–Kier alpha value is -1.89. The summed E-state index contributed by atoms with van der Waals surface area (Å²) in [4.78, 5) is 12.7. The first-order valence-electron chi connectivity index (χ1n) is 9.52. The highest BCUT2D eigenvalue weighted by molar-refractivity contribution is 7.89. The molecule has 0 radical (unpaired) electrons. The zero-order valence-corrected chi connectivity index (χ0v) is 17.7. The summed E-state index contributed by atoms with van der Waals surface area (Å²) in [6.45, 7) is 4.96. The van der Waals surface area contributed by atoms with Crippen molar-refractivity contribution < 1.29 is 13.2 Å². The van der Waals surface area contributed by atoms with Crippen molar-refractivity contribution in [2.75, 3.05) is 13.1 Å². The first kappa shape index (κ1) is 20.8. The maximum Gasteiger partial charge on any atom is 0.251 e. The van der Waals surface area contributed by atoms with E-state index in [1.54, 1.807) is 6.07 Å². The Morgan fingerprint density at radius 3 is 2.39 bits per heavy atom. The van der Waals surface area contributed by atoms with Crippen molar-refractivity contribution in [3.63, 3.8) is 0 Å². The summed E-state index contributed by atoms with van der Waals surface area (Å²) in [7, 11) is -3.69. The van der Waals surface area contributed by atoms with Gasteiger partial charge in [0.05, 0.1) is 11.1 Å². The van der Waals surface area contributed by atoms with Crippen molar-refractivity contribution in [1.29, 1.82) is 0 Å². The molecular weight excluding hydrogens is 396 g/mol. The predicted octanol–water partition coefficient (Wildman–Crippen LogP) is 4.18. The summed E-state index contributed by atoms with van der Waals surface area (Å²) in [5, 5.41) is 3.06. The summed E-state index contributed by atoms with van der Waals surface area (Å²) < 4.78 is 27.1. The van der Waals surface area contributed by atoms with Crippen LogP contribution in [0.25, 0.3) is 0 Å². The van der Waals surface area contributed by atoms with Gasteiger partial charge in [0.25, 0.3) is 5.91 Å². The lowest BCUT2D eigenvalue weighted by Gasteiger charge is -2.18. The van der Waals surface area contributed by atoms with Crippen LogP contribution in [0.1, 0.15) is 54.2 Å². The van der Waals surface area contributed by atoms with Gasteiger partial charge in [-0.15, -0.1) is 0 Å². The van der Waals surface area contributed by atoms with Crippen LogP contribution < -0.4 is 5.32 Å². The van der Waals surface area contributed by atoms with Crippen molar-refractivity contribution in [3.05, 3.63) is 64.2 Å². The molecule has 1 aliphatic rings. The van der Waals surface area contributed by atoms with Crippen LogP contribution in [0.5, 0.6) is 0 Å². The molecule has 1 N–H and O–H groups in total. The first-order valence-corrected chi connectivity index (χ1v) is 11.3. The van der Waals surface area contributed by atoms with E-state index in [-0.39, 0.29) is 27.4 Å². The SMILES string of the molecule is CCc1ccc([C@@H](C)NC(=O)c2ccc(Cl)c(S(=O)(=O)N3CCCC3)c2)cc1. The van der Waals surface area contributed by atoms with Gasteiger partial charge in [0.1, 0.15) is 4.90 Å². The first-order chi connectivity index (χ1) is 13.3. The number of nitrogens with zero attached hydrogens (tertiary/aromatic N) is 1. The van der Waals surface area contributed by atoms with Gasteiger partial charge in [-0.2, -0.15) is 4.31 Å². The summed E-state index contributed by atoms with van der Waals surface area (Å²) in [6.07, 6.45) is 2.64. The Morgan fingerprint density at radius 1 is 1.14 bits per heavy atom. The second kappa shape index (κ2) is 8.64. The van der Waals surface area contributed by atoms with Gasteiger partial charge in [0.15, 0.2) is 0 Å². The van der Waals surface area contributed by atoms with Crippen molar-refractivity contribution in [2.24, 2.45) is 0 Å². The molecule has 0 unspecified atom stereocenters. The lowest BCUT2D eigenvalue weighted by atomic mass is 10.0. The fraction of sp³-hybridized carbons (Fsp3) is 0.381. The Bertz CT molecular complexity index is 952. The maximum atomic E-state index is 12.8. The van der Waals surface area contributed by atoms with E-state index in [1.165, 1.54) is 22.0 Å². The van der Waals surface area contributed by atoms with Crippen LogP contribution in [0.2, 0.25) is 5.02 Å². The van der Waals surface area contributed by atoms with Gasteiger partial charge >= 0.3 is 0 Å². The van der Waals surface area contributed by atoms with E-state index in [1.807, 2.05) is 31.2 Å². The maximum absolute atomic E-state index is 12.8. The van der Waals surface area contributed by atoms with E-state index < -0.39 is 10.0 Å². The number of carbonyl (C=O) groups is 1. The van der Waals surface area contributed by atoms with Crippen LogP contribution >= 0.6 is 11.6 Å². The third-order valence-electron chi connectivity index (χ3n) is 5.11. The second-order valence-corrected chi connectivity index (χ2v) is 9.36. The number of aryl methyl sites for hydroxylation is 1. The third-order valence-corrected chi connectivity index (χ3v) is 7.49. The molecule has 3 rings (SSSR count). The zero-order chi connectivity index (χ0) is 20.3. The third kappa shape index (κ3) is 4.40. The Labute approximate surface area is 171 Å². The van der Waals surface area contributed by atoms with Crippen LogP contribution in [-0.4, -0.2) is 31.7 Å². The number of carbonyl (C=O) groups excluding carboxylic acids is 1. The standard InChI is InChI=1S/C21H25ClN2O3S/c1-3-16-6-8-17(9-7-16)15(2)23-21(25)18-10-11-19(22)20(14-18)28(26,27)24-12-4-5-13-24/h6-11,14-15H,3-5,12-13H2,1-2H3,(H,23,25)/t15-/m1/s1. The molecule has 1 heterocycles. The molecule has 2 aromatic carbocycles. The molecule has 1 aliphatic heterocycles. The number of hydrogen-bond donors (Lipinski definition) is 1. The van der Waals surface area contributed by atoms with Gasteiger partial charge in [-0.3, -0.25) is 4.79 Å². The molecule has 5 nitrogen and oxygen atoms in total. The van der Waals surface area contributed by atoms with E-state index in [0.717, 1.165) is 24.8 Å². The Balaban J connectivity index is 1.80.